The number of nitrogens with one attached hydrogen (secondary N) is 2. The van der Waals surface area contributed by atoms with Crippen LogP contribution in [-0.4, -0.2) is 31.7 Å². The van der Waals surface area contributed by atoms with Crippen molar-refractivity contribution in [1.29, 1.82) is 0 Å². The zero-order valence-electron chi connectivity index (χ0n) is 16.2. The van der Waals surface area contributed by atoms with Crippen molar-refractivity contribution in [2.24, 2.45) is 0 Å². The van der Waals surface area contributed by atoms with E-state index >= 15 is 0 Å². The molecule has 1 aromatic heterocycles. The molecule has 29 heavy (non-hydrogen) atoms. The van der Waals surface area contributed by atoms with Gasteiger partial charge in [0.1, 0.15) is 11.6 Å². The number of carbonyl (C=O) groups excluding carboxylic acids is 1. The lowest BCUT2D eigenvalue weighted by Crippen LogP contribution is -2.25. The van der Waals surface area contributed by atoms with Crippen LogP contribution in [0.15, 0.2) is 60.8 Å². The minimum absolute atomic E-state index is 0.199. The van der Waals surface area contributed by atoms with Crippen LogP contribution >= 0.6 is 0 Å². The topological polar surface area (TPSA) is 72.5 Å². The quantitative estimate of drug-likeness (QED) is 0.604. The van der Waals surface area contributed by atoms with Crippen LogP contribution in [-0.2, 0) is 6.42 Å². The van der Waals surface area contributed by atoms with Gasteiger partial charge >= 0.3 is 0 Å². The molecule has 0 saturated carbocycles. The number of methoxy groups -OCH3 is 2. The fraction of sp³-hybridized carbons (Fsp3) is 0.182. The second-order valence-electron chi connectivity index (χ2n) is 6.26. The summed E-state index contributed by atoms with van der Waals surface area (Å²) in [6, 6.07) is 14.9. The van der Waals surface area contributed by atoms with E-state index in [1.165, 1.54) is 12.1 Å². The second kappa shape index (κ2) is 9.54. The van der Waals surface area contributed by atoms with Gasteiger partial charge in [0.2, 0.25) is 0 Å². The van der Waals surface area contributed by atoms with Gasteiger partial charge in [0.05, 0.1) is 14.2 Å². The van der Waals surface area contributed by atoms with Gasteiger partial charge in [0, 0.05) is 24.0 Å². The Kier molecular flexibility index (Phi) is 6.63. The number of pyridine rings is 1. The summed E-state index contributed by atoms with van der Waals surface area (Å²) in [4.78, 5) is 16.6. The van der Waals surface area contributed by atoms with Crippen LogP contribution in [0.1, 0.15) is 15.9 Å². The van der Waals surface area contributed by atoms with Gasteiger partial charge < -0.3 is 20.1 Å². The molecule has 150 valence electrons. The summed E-state index contributed by atoms with van der Waals surface area (Å²) in [5.41, 5.74) is 2.19. The van der Waals surface area contributed by atoms with Crippen molar-refractivity contribution in [3.05, 3.63) is 77.7 Å². The number of carbonyl (C=O) groups is 1. The van der Waals surface area contributed by atoms with E-state index in [0.717, 1.165) is 5.56 Å². The molecule has 0 spiro atoms. The Morgan fingerprint density at radius 1 is 1.00 bits per heavy atom. The van der Waals surface area contributed by atoms with Crippen LogP contribution < -0.4 is 20.1 Å². The van der Waals surface area contributed by atoms with Crippen molar-refractivity contribution in [2.45, 2.75) is 6.42 Å². The largest absolute Gasteiger partial charge is 0.493 e. The molecular weight excluding hydrogens is 373 g/mol. The molecule has 1 heterocycles. The minimum atomic E-state index is -0.314. The van der Waals surface area contributed by atoms with Crippen molar-refractivity contribution < 1.29 is 18.7 Å². The summed E-state index contributed by atoms with van der Waals surface area (Å²) in [6.07, 6.45) is 2.20. The van der Waals surface area contributed by atoms with Gasteiger partial charge in [-0.25, -0.2) is 9.37 Å². The molecule has 0 aliphatic carbocycles. The molecule has 2 N–H and O–H groups in total. The average molecular weight is 395 g/mol. The van der Waals surface area contributed by atoms with Crippen molar-refractivity contribution in [1.82, 2.24) is 10.3 Å². The Bertz CT molecular complexity index is 977. The molecule has 3 rings (SSSR count). The molecule has 7 heteroatoms. The first-order valence-electron chi connectivity index (χ1n) is 9.07. The molecule has 1 amide bonds. The Morgan fingerprint density at radius 2 is 1.76 bits per heavy atom. The molecular formula is C22H22FN3O3. The number of ether oxygens (including phenoxy) is 2. The average Bonchev–Trinajstić information content (AvgIpc) is 2.75. The number of hydrogen-bond donors (Lipinski definition) is 2. The summed E-state index contributed by atoms with van der Waals surface area (Å²) < 4.78 is 23.5. The lowest BCUT2D eigenvalue weighted by Gasteiger charge is -2.10. The summed E-state index contributed by atoms with van der Waals surface area (Å²) in [6.45, 7) is 0.470. The smallest absolute Gasteiger partial charge is 0.251 e. The summed E-state index contributed by atoms with van der Waals surface area (Å²) in [5, 5.41) is 5.94. The molecule has 2 aromatic carbocycles. The monoisotopic (exact) mass is 395 g/mol. The lowest BCUT2D eigenvalue weighted by atomic mass is 10.1. The number of rotatable bonds is 8. The standard InChI is InChI=1S/C22H22FN3O3/c1-28-19-8-3-15(13-20(19)29-2)9-11-25-22(27)16-10-12-24-21(14-16)26-18-6-4-17(23)5-7-18/h3-8,10,12-14H,9,11H2,1-2H3,(H,24,26)(H,25,27). The Hall–Kier alpha value is -3.61. The van der Waals surface area contributed by atoms with Gasteiger partial charge in [-0.3, -0.25) is 4.79 Å². The second-order valence-corrected chi connectivity index (χ2v) is 6.26. The number of nitrogens with zero attached hydrogens (tertiary/aromatic N) is 1. The third-order valence-electron chi connectivity index (χ3n) is 4.29. The highest BCUT2D eigenvalue weighted by molar-refractivity contribution is 5.94. The number of benzene rings is 2. The fourth-order valence-electron chi connectivity index (χ4n) is 2.78. The number of hydrogen-bond acceptors (Lipinski definition) is 5. The number of amides is 1. The van der Waals surface area contributed by atoms with E-state index in [0.29, 0.717) is 41.5 Å². The molecule has 0 bridgehead atoms. The first kappa shape index (κ1) is 20.1. The van der Waals surface area contributed by atoms with Gasteiger partial charge in [-0.15, -0.1) is 0 Å². The molecule has 0 unspecified atom stereocenters. The van der Waals surface area contributed by atoms with Crippen LogP contribution in [0.2, 0.25) is 0 Å². The van der Waals surface area contributed by atoms with Gasteiger partial charge in [-0.05, 0) is 60.5 Å². The molecule has 0 atom stereocenters. The molecule has 0 saturated heterocycles. The molecule has 0 aliphatic heterocycles. The van der Waals surface area contributed by atoms with Gasteiger partial charge in [-0.2, -0.15) is 0 Å². The molecule has 0 radical (unpaired) electrons. The van der Waals surface area contributed by atoms with E-state index in [1.54, 1.807) is 44.7 Å². The number of halogens is 1. The predicted octanol–water partition coefficient (Wildman–Crippen LogP) is 3.95. The third-order valence-corrected chi connectivity index (χ3v) is 4.29. The van der Waals surface area contributed by atoms with Crippen molar-refractivity contribution in [3.63, 3.8) is 0 Å². The Labute approximate surface area is 168 Å². The van der Waals surface area contributed by atoms with Crippen LogP contribution in [0.25, 0.3) is 0 Å². The summed E-state index contributed by atoms with van der Waals surface area (Å²) >= 11 is 0. The molecule has 0 fully saturated rings. The third kappa shape index (κ3) is 5.44. The van der Waals surface area contributed by atoms with E-state index in [-0.39, 0.29) is 11.7 Å². The SMILES string of the molecule is COc1ccc(CCNC(=O)c2ccnc(Nc3ccc(F)cc3)c2)cc1OC. The fourth-order valence-corrected chi connectivity index (χ4v) is 2.78. The van der Waals surface area contributed by atoms with E-state index in [2.05, 4.69) is 15.6 Å². The van der Waals surface area contributed by atoms with Crippen LogP contribution in [0.4, 0.5) is 15.9 Å². The molecule has 6 nitrogen and oxygen atoms in total. The summed E-state index contributed by atoms with van der Waals surface area (Å²) in [5.74, 6) is 1.31. The highest BCUT2D eigenvalue weighted by Crippen LogP contribution is 2.27. The lowest BCUT2D eigenvalue weighted by molar-refractivity contribution is 0.0954. The molecule has 0 aliphatic rings. The van der Waals surface area contributed by atoms with Crippen molar-refractivity contribution in [2.75, 3.05) is 26.1 Å². The Morgan fingerprint density at radius 3 is 2.48 bits per heavy atom. The minimum Gasteiger partial charge on any atom is -0.493 e. The van der Waals surface area contributed by atoms with Crippen LogP contribution in [0, 0.1) is 5.82 Å². The van der Waals surface area contributed by atoms with Crippen LogP contribution in [0.3, 0.4) is 0 Å². The van der Waals surface area contributed by atoms with E-state index < -0.39 is 0 Å². The van der Waals surface area contributed by atoms with Gasteiger partial charge in [-0.1, -0.05) is 6.07 Å². The maximum Gasteiger partial charge on any atom is 0.251 e. The number of aromatic nitrogens is 1. The normalized spacial score (nSPS) is 10.3. The first-order valence-corrected chi connectivity index (χ1v) is 9.07. The number of anilines is 2. The van der Waals surface area contributed by atoms with Crippen molar-refractivity contribution in [3.8, 4) is 11.5 Å². The summed E-state index contributed by atoms with van der Waals surface area (Å²) in [7, 11) is 3.18. The maximum absolute atomic E-state index is 13.0. The van der Waals surface area contributed by atoms with Gasteiger partial charge in [0.25, 0.3) is 5.91 Å². The highest BCUT2D eigenvalue weighted by atomic mass is 19.1. The van der Waals surface area contributed by atoms with Crippen LogP contribution in [0.5, 0.6) is 11.5 Å². The highest BCUT2D eigenvalue weighted by Gasteiger charge is 2.08. The predicted molar refractivity (Wildman–Crippen MR) is 110 cm³/mol. The van der Waals surface area contributed by atoms with Crippen molar-refractivity contribution >= 4 is 17.4 Å². The molecule has 3 aromatic rings. The Balaban J connectivity index is 1.57. The van der Waals surface area contributed by atoms with Gasteiger partial charge in [0.15, 0.2) is 11.5 Å². The zero-order valence-corrected chi connectivity index (χ0v) is 16.2. The van der Waals surface area contributed by atoms with E-state index in [9.17, 15) is 9.18 Å². The first-order chi connectivity index (χ1) is 14.1. The maximum atomic E-state index is 13.0. The van der Waals surface area contributed by atoms with E-state index in [4.69, 9.17) is 9.47 Å². The zero-order chi connectivity index (χ0) is 20.6. The van der Waals surface area contributed by atoms with E-state index in [1.807, 2.05) is 18.2 Å².